The van der Waals surface area contributed by atoms with E-state index in [-0.39, 0.29) is 10.5 Å². The molecule has 0 bridgehead atoms. The Bertz CT molecular complexity index is 585. The zero-order valence-electron chi connectivity index (χ0n) is 12.3. The molecule has 0 aliphatic heterocycles. The molecule has 7 heteroatoms. The number of benzene rings is 1. The molecule has 1 aromatic rings. The minimum Gasteiger partial charge on any atom is -0.478 e. The summed E-state index contributed by atoms with van der Waals surface area (Å²) in [6.45, 7) is 4.90. The molecule has 0 saturated heterocycles. The van der Waals surface area contributed by atoms with Gasteiger partial charge in [-0.25, -0.2) is 17.9 Å². The Morgan fingerprint density at radius 1 is 1.19 bits per heavy atom. The molecule has 118 valence electrons. The molecule has 0 radical (unpaired) electrons. The van der Waals surface area contributed by atoms with Crippen LogP contribution >= 0.6 is 0 Å². The summed E-state index contributed by atoms with van der Waals surface area (Å²) in [4.78, 5) is 11.2. The number of carbonyl (C=O) groups is 1. The Balaban J connectivity index is 3.04. The van der Waals surface area contributed by atoms with Crippen LogP contribution in [0.15, 0.2) is 23.1 Å². The SMILES string of the molecule is CCCCNS(=O)(=O)c1ccc(NCCC)c(C(=O)O)c1. The third-order valence-corrected chi connectivity index (χ3v) is 4.38. The highest BCUT2D eigenvalue weighted by atomic mass is 32.2. The fourth-order valence-electron chi connectivity index (χ4n) is 1.75. The zero-order valence-corrected chi connectivity index (χ0v) is 13.2. The minimum absolute atomic E-state index is 0.0296. The number of hydrogen-bond acceptors (Lipinski definition) is 4. The van der Waals surface area contributed by atoms with Gasteiger partial charge >= 0.3 is 5.97 Å². The van der Waals surface area contributed by atoms with Gasteiger partial charge in [0.25, 0.3) is 0 Å². The summed E-state index contributed by atoms with van der Waals surface area (Å²) >= 11 is 0. The maximum Gasteiger partial charge on any atom is 0.337 e. The van der Waals surface area contributed by atoms with Crippen LogP contribution in [0.4, 0.5) is 5.69 Å². The van der Waals surface area contributed by atoms with Gasteiger partial charge in [0.1, 0.15) is 0 Å². The highest BCUT2D eigenvalue weighted by Gasteiger charge is 2.18. The van der Waals surface area contributed by atoms with Crippen molar-refractivity contribution in [2.45, 2.75) is 38.0 Å². The highest BCUT2D eigenvalue weighted by Crippen LogP contribution is 2.20. The number of unbranched alkanes of at least 4 members (excludes halogenated alkanes) is 1. The van der Waals surface area contributed by atoms with Gasteiger partial charge in [-0.1, -0.05) is 20.3 Å². The summed E-state index contributed by atoms with van der Waals surface area (Å²) in [5.41, 5.74) is 0.388. The average molecular weight is 314 g/mol. The zero-order chi connectivity index (χ0) is 15.9. The molecule has 0 aromatic heterocycles. The molecule has 3 N–H and O–H groups in total. The molecule has 0 unspecified atom stereocenters. The molecule has 0 saturated carbocycles. The summed E-state index contributed by atoms with van der Waals surface area (Å²) in [5.74, 6) is -1.15. The van der Waals surface area contributed by atoms with E-state index in [1.807, 2.05) is 13.8 Å². The van der Waals surface area contributed by atoms with Gasteiger partial charge in [0.15, 0.2) is 0 Å². The standard InChI is InChI=1S/C14H22N2O4S/c1-3-5-9-16-21(19,20)11-6-7-13(15-8-4-2)12(10-11)14(17)18/h6-7,10,15-16H,3-5,8-9H2,1-2H3,(H,17,18). The van der Waals surface area contributed by atoms with Crippen molar-refractivity contribution in [3.05, 3.63) is 23.8 Å². The number of rotatable bonds is 9. The number of carboxylic acids is 1. The van der Waals surface area contributed by atoms with Crippen molar-refractivity contribution in [2.24, 2.45) is 0 Å². The van der Waals surface area contributed by atoms with Gasteiger partial charge in [-0.05, 0) is 31.0 Å². The molecule has 1 rings (SSSR count). The van der Waals surface area contributed by atoms with E-state index in [1.165, 1.54) is 18.2 Å². The maximum absolute atomic E-state index is 12.1. The summed E-state index contributed by atoms with van der Waals surface area (Å²) in [6.07, 6.45) is 2.46. The monoisotopic (exact) mass is 314 g/mol. The molecule has 0 fully saturated rings. The van der Waals surface area contributed by atoms with E-state index in [1.54, 1.807) is 0 Å². The van der Waals surface area contributed by atoms with Gasteiger partial charge in [-0.3, -0.25) is 0 Å². The van der Waals surface area contributed by atoms with Crippen LogP contribution < -0.4 is 10.0 Å². The Morgan fingerprint density at radius 2 is 1.90 bits per heavy atom. The van der Waals surface area contributed by atoms with E-state index in [0.29, 0.717) is 18.8 Å². The fourth-order valence-corrected chi connectivity index (χ4v) is 2.85. The van der Waals surface area contributed by atoms with Crippen LogP contribution in [-0.4, -0.2) is 32.6 Å². The van der Waals surface area contributed by atoms with Crippen molar-refractivity contribution in [1.82, 2.24) is 4.72 Å². The predicted octanol–water partition coefficient (Wildman–Crippen LogP) is 2.29. The van der Waals surface area contributed by atoms with Crippen LogP contribution in [0.1, 0.15) is 43.5 Å². The Hall–Kier alpha value is -1.60. The molecule has 0 amide bonds. The quantitative estimate of drug-likeness (QED) is 0.608. The summed E-state index contributed by atoms with van der Waals surface area (Å²) in [6, 6.07) is 4.10. The van der Waals surface area contributed by atoms with Crippen LogP contribution in [0.3, 0.4) is 0 Å². The molecule has 0 atom stereocenters. The molecule has 0 spiro atoms. The van der Waals surface area contributed by atoms with E-state index in [4.69, 9.17) is 0 Å². The second-order valence-electron chi connectivity index (χ2n) is 4.69. The number of carboxylic acid groups (broad SMARTS) is 1. The van der Waals surface area contributed by atoms with Crippen molar-refractivity contribution in [1.29, 1.82) is 0 Å². The minimum atomic E-state index is -3.67. The topological polar surface area (TPSA) is 95.5 Å². The number of anilines is 1. The number of sulfonamides is 1. The van der Waals surface area contributed by atoms with Gasteiger partial charge in [0.05, 0.1) is 10.5 Å². The summed E-state index contributed by atoms with van der Waals surface area (Å²) < 4.78 is 26.6. The van der Waals surface area contributed by atoms with Gasteiger partial charge in [-0.15, -0.1) is 0 Å². The first-order valence-corrected chi connectivity index (χ1v) is 8.51. The van der Waals surface area contributed by atoms with Gasteiger partial charge in [0.2, 0.25) is 10.0 Å². The Labute approximate surface area is 125 Å². The lowest BCUT2D eigenvalue weighted by Gasteiger charge is -2.11. The van der Waals surface area contributed by atoms with E-state index < -0.39 is 16.0 Å². The van der Waals surface area contributed by atoms with Crippen LogP contribution in [-0.2, 0) is 10.0 Å². The number of hydrogen-bond donors (Lipinski definition) is 3. The fraction of sp³-hybridized carbons (Fsp3) is 0.500. The van der Waals surface area contributed by atoms with Crippen molar-refractivity contribution in [3.8, 4) is 0 Å². The third-order valence-electron chi connectivity index (χ3n) is 2.92. The Morgan fingerprint density at radius 3 is 2.48 bits per heavy atom. The third kappa shape index (κ3) is 5.02. The first-order chi connectivity index (χ1) is 9.92. The largest absolute Gasteiger partial charge is 0.478 e. The Kier molecular flexibility index (Phi) is 6.64. The summed E-state index contributed by atoms with van der Waals surface area (Å²) in [5, 5.41) is 12.2. The van der Waals surface area contributed by atoms with E-state index in [9.17, 15) is 18.3 Å². The smallest absolute Gasteiger partial charge is 0.337 e. The lowest BCUT2D eigenvalue weighted by molar-refractivity contribution is 0.0697. The van der Waals surface area contributed by atoms with Gasteiger partial charge in [-0.2, -0.15) is 0 Å². The normalized spacial score (nSPS) is 11.3. The van der Waals surface area contributed by atoms with E-state index in [0.717, 1.165) is 19.3 Å². The van der Waals surface area contributed by atoms with Crippen LogP contribution in [0.25, 0.3) is 0 Å². The molecule has 0 aliphatic carbocycles. The molecule has 21 heavy (non-hydrogen) atoms. The second-order valence-corrected chi connectivity index (χ2v) is 6.46. The summed E-state index contributed by atoms with van der Waals surface area (Å²) in [7, 11) is -3.67. The highest BCUT2D eigenvalue weighted by molar-refractivity contribution is 7.89. The number of aromatic carboxylic acids is 1. The first-order valence-electron chi connectivity index (χ1n) is 7.03. The lowest BCUT2D eigenvalue weighted by atomic mass is 10.2. The van der Waals surface area contributed by atoms with Crippen molar-refractivity contribution >= 4 is 21.7 Å². The van der Waals surface area contributed by atoms with Gasteiger partial charge < -0.3 is 10.4 Å². The first kappa shape index (κ1) is 17.5. The van der Waals surface area contributed by atoms with Gasteiger partial charge in [0, 0.05) is 18.8 Å². The molecule has 6 nitrogen and oxygen atoms in total. The van der Waals surface area contributed by atoms with Crippen molar-refractivity contribution in [2.75, 3.05) is 18.4 Å². The average Bonchev–Trinajstić information content (AvgIpc) is 2.44. The molecule has 0 aliphatic rings. The molecule has 1 aromatic carbocycles. The predicted molar refractivity (Wildman–Crippen MR) is 82.3 cm³/mol. The number of nitrogens with one attached hydrogen (secondary N) is 2. The van der Waals surface area contributed by atoms with E-state index >= 15 is 0 Å². The molecule has 0 heterocycles. The van der Waals surface area contributed by atoms with Crippen molar-refractivity contribution in [3.63, 3.8) is 0 Å². The molecular weight excluding hydrogens is 292 g/mol. The van der Waals surface area contributed by atoms with E-state index in [2.05, 4.69) is 10.0 Å². The van der Waals surface area contributed by atoms with Crippen LogP contribution in [0, 0.1) is 0 Å². The second kappa shape index (κ2) is 7.99. The lowest BCUT2D eigenvalue weighted by Crippen LogP contribution is -2.25. The molecular formula is C14H22N2O4S. The van der Waals surface area contributed by atoms with Crippen LogP contribution in [0.5, 0.6) is 0 Å². The maximum atomic E-state index is 12.1. The van der Waals surface area contributed by atoms with Crippen LogP contribution in [0.2, 0.25) is 0 Å². The van der Waals surface area contributed by atoms with Crippen molar-refractivity contribution < 1.29 is 18.3 Å².